The lowest BCUT2D eigenvalue weighted by atomic mass is 9.92. The van der Waals surface area contributed by atoms with Crippen LogP contribution >= 0.6 is 15.9 Å². The summed E-state index contributed by atoms with van der Waals surface area (Å²) in [6.45, 7) is 8.48. The number of nitrogens with one attached hydrogen (secondary N) is 1. The fraction of sp³-hybridized carbons (Fsp3) is 0.667. The Labute approximate surface area is 105 Å². The van der Waals surface area contributed by atoms with Crippen molar-refractivity contribution in [3.05, 3.63) is 26.3 Å². The van der Waals surface area contributed by atoms with Gasteiger partial charge in [0.15, 0.2) is 0 Å². The SMILES string of the molecule is CCCc1nc(CC(C)(C)C)[nH]c(=O)c1Br. The summed E-state index contributed by atoms with van der Waals surface area (Å²) in [5.74, 6) is 0.782. The number of halogens is 1. The third kappa shape index (κ3) is 3.74. The number of aromatic nitrogens is 2. The molecule has 0 aliphatic rings. The summed E-state index contributed by atoms with van der Waals surface area (Å²) in [5.41, 5.74) is 0.927. The Bertz CT molecular complexity index is 418. The highest BCUT2D eigenvalue weighted by molar-refractivity contribution is 9.10. The zero-order chi connectivity index (χ0) is 12.3. The fourth-order valence-corrected chi connectivity index (χ4v) is 1.93. The average molecular weight is 287 g/mol. The largest absolute Gasteiger partial charge is 0.310 e. The van der Waals surface area contributed by atoms with Crippen LogP contribution in [0.25, 0.3) is 0 Å². The van der Waals surface area contributed by atoms with Crippen molar-refractivity contribution in [3.8, 4) is 0 Å². The minimum absolute atomic E-state index is 0.0716. The van der Waals surface area contributed by atoms with Gasteiger partial charge in [0.25, 0.3) is 5.56 Å². The van der Waals surface area contributed by atoms with E-state index in [0.29, 0.717) is 4.47 Å². The molecule has 0 aromatic carbocycles. The Morgan fingerprint density at radius 1 is 1.38 bits per heavy atom. The average Bonchev–Trinajstić information content (AvgIpc) is 2.11. The Kier molecular flexibility index (Phi) is 4.30. The van der Waals surface area contributed by atoms with Gasteiger partial charge in [-0.1, -0.05) is 34.1 Å². The Morgan fingerprint density at radius 2 is 2.00 bits per heavy atom. The normalized spacial score (nSPS) is 11.8. The van der Waals surface area contributed by atoms with Crippen molar-refractivity contribution >= 4 is 15.9 Å². The quantitative estimate of drug-likeness (QED) is 0.928. The zero-order valence-corrected chi connectivity index (χ0v) is 11.9. The van der Waals surface area contributed by atoms with E-state index in [0.717, 1.165) is 30.8 Å². The van der Waals surface area contributed by atoms with Crippen molar-refractivity contribution in [2.45, 2.75) is 47.0 Å². The first-order valence-electron chi connectivity index (χ1n) is 5.61. The highest BCUT2D eigenvalue weighted by Gasteiger charge is 2.15. The monoisotopic (exact) mass is 286 g/mol. The number of aromatic amines is 1. The lowest BCUT2D eigenvalue weighted by molar-refractivity contribution is 0.399. The molecule has 0 unspecified atom stereocenters. The molecule has 0 bridgehead atoms. The van der Waals surface area contributed by atoms with Crippen LogP contribution in [0.2, 0.25) is 0 Å². The summed E-state index contributed by atoms with van der Waals surface area (Å²) < 4.78 is 0.576. The smallest absolute Gasteiger partial charge is 0.265 e. The van der Waals surface area contributed by atoms with Gasteiger partial charge < -0.3 is 4.98 Å². The first-order valence-corrected chi connectivity index (χ1v) is 6.40. The zero-order valence-electron chi connectivity index (χ0n) is 10.4. The molecule has 90 valence electrons. The number of aryl methyl sites for hydroxylation is 1. The molecule has 0 saturated carbocycles. The molecule has 1 rings (SSSR count). The van der Waals surface area contributed by atoms with Crippen LogP contribution in [0.5, 0.6) is 0 Å². The molecule has 0 fully saturated rings. The van der Waals surface area contributed by atoms with Gasteiger partial charge in [-0.25, -0.2) is 4.98 Å². The van der Waals surface area contributed by atoms with E-state index >= 15 is 0 Å². The van der Waals surface area contributed by atoms with E-state index in [-0.39, 0.29) is 11.0 Å². The molecule has 4 heteroatoms. The topological polar surface area (TPSA) is 45.8 Å². The van der Waals surface area contributed by atoms with E-state index in [4.69, 9.17) is 0 Å². The van der Waals surface area contributed by atoms with Crippen LogP contribution in [0.15, 0.2) is 9.27 Å². The minimum atomic E-state index is -0.0716. The third-order valence-corrected chi connectivity index (χ3v) is 2.98. The van der Waals surface area contributed by atoms with Gasteiger partial charge in [-0.05, 0) is 27.8 Å². The molecule has 1 heterocycles. The van der Waals surface area contributed by atoms with Crippen LogP contribution < -0.4 is 5.56 Å². The van der Waals surface area contributed by atoms with Crippen molar-refractivity contribution in [2.24, 2.45) is 5.41 Å². The van der Waals surface area contributed by atoms with E-state index in [1.54, 1.807) is 0 Å². The fourth-order valence-electron chi connectivity index (χ4n) is 1.55. The molecule has 1 aromatic heterocycles. The summed E-state index contributed by atoms with van der Waals surface area (Å²) >= 11 is 3.29. The predicted molar refractivity (Wildman–Crippen MR) is 69.7 cm³/mol. The van der Waals surface area contributed by atoms with Gasteiger partial charge in [-0.2, -0.15) is 0 Å². The number of hydrogen-bond donors (Lipinski definition) is 1. The van der Waals surface area contributed by atoms with Gasteiger partial charge >= 0.3 is 0 Å². The number of hydrogen-bond acceptors (Lipinski definition) is 2. The molecule has 16 heavy (non-hydrogen) atoms. The molecule has 0 radical (unpaired) electrons. The van der Waals surface area contributed by atoms with Crippen molar-refractivity contribution in [2.75, 3.05) is 0 Å². The van der Waals surface area contributed by atoms with Crippen LogP contribution in [-0.2, 0) is 12.8 Å². The molecule has 1 N–H and O–H groups in total. The molecule has 1 aromatic rings. The van der Waals surface area contributed by atoms with E-state index in [2.05, 4.69) is 53.6 Å². The maximum atomic E-state index is 11.7. The molecular formula is C12H19BrN2O. The van der Waals surface area contributed by atoms with Crippen LogP contribution in [0.3, 0.4) is 0 Å². The summed E-state index contributed by atoms with van der Waals surface area (Å²) in [6, 6.07) is 0. The third-order valence-electron chi connectivity index (χ3n) is 2.17. The molecule has 3 nitrogen and oxygen atoms in total. The standard InChI is InChI=1S/C12H19BrN2O/c1-5-6-8-10(13)11(16)15-9(14-8)7-12(2,3)4/h5-7H2,1-4H3,(H,14,15,16). The van der Waals surface area contributed by atoms with Crippen LogP contribution in [-0.4, -0.2) is 9.97 Å². The van der Waals surface area contributed by atoms with Crippen molar-refractivity contribution in [3.63, 3.8) is 0 Å². The molecule has 0 saturated heterocycles. The van der Waals surface area contributed by atoms with Crippen LogP contribution in [0.4, 0.5) is 0 Å². The molecule has 0 aliphatic heterocycles. The van der Waals surface area contributed by atoms with Crippen molar-refractivity contribution in [1.29, 1.82) is 0 Å². The van der Waals surface area contributed by atoms with E-state index in [1.165, 1.54) is 0 Å². The highest BCUT2D eigenvalue weighted by atomic mass is 79.9. The summed E-state index contributed by atoms with van der Waals surface area (Å²) in [5, 5.41) is 0. The van der Waals surface area contributed by atoms with Crippen LogP contribution in [0, 0.1) is 5.41 Å². The molecule has 0 atom stereocenters. The second-order valence-corrected chi connectivity index (χ2v) is 6.05. The highest BCUT2D eigenvalue weighted by Crippen LogP contribution is 2.19. The second kappa shape index (κ2) is 5.13. The van der Waals surface area contributed by atoms with Gasteiger partial charge in [-0.15, -0.1) is 0 Å². The Balaban J connectivity index is 3.09. The number of nitrogens with zero attached hydrogens (tertiary/aromatic N) is 1. The van der Waals surface area contributed by atoms with Crippen molar-refractivity contribution in [1.82, 2.24) is 9.97 Å². The van der Waals surface area contributed by atoms with Gasteiger partial charge in [0.1, 0.15) is 10.3 Å². The first kappa shape index (κ1) is 13.4. The number of H-pyrrole nitrogens is 1. The summed E-state index contributed by atoms with van der Waals surface area (Å²) in [7, 11) is 0. The first-order chi connectivity index (χ1) is 7.33. The minimum Gasteiger partial charge on any atom is -0.310 e. The maximum absolute atomic E-state index is 11.7. The van der Waals surface area contributed by atoms with Gasteiger partial charge in [0.05, 0.1) is 5.69 Å². The van der Waals surface area contributed by atoms with E-state index in [1.807, 2.05) is 0 Å². The lowest BCUT2D eigenvalue weighted by Crippen LogP contribution is -2.20. The maximum Gasteiger partial charge on any atom is 0.265 e. The van der Waals surface area contributed by atoms with Crippen molar-refractivity contribution < 1.29 is 0 Å². The molecule has 0 aliphatic carbocycles. The predicted octanol–water partition coefficient (Wildman–Crippen LogP) is 3.07. The van der Waals surface area contributed by atoms with Gasteiger partial charge in [0.2, 0.25) is 0 Å². The van der Waals surface area contributed by atoms with Crippen LogP contribution in [0.1, 0.15) is 45.6 Å². The number of rotatable bonds is 3. The Hall–Kier alpha value is -0.640. The molecule has 0 spiro atoms. The summed E-state index contributed by atoms with van der Waals surface area (Å²) in [4.78, 5) is 19.0. The van der Waals surface area contributed by atoms with E-state index in [9.17, 15) is 4.79 Å². The summed E-state index contributed by atoms with van der Waals surface area (Å²) in [6.07, 6.45) is 2.61. The molecule has 0 amide bonds. The Morgan fingerprint density at radius 3 is 2.50 bits per heavy atom. The molecular weight excluding hydrogens is 268 g/mol. The second-order valence-electron chi connectivity index (χ2n) is 5.26. The van der Waals surface area contributed by atoms with Gasteiger partial charge in [-0.3, -0.25) is 4.79 Å². The van der Waals surface area contributed by atoms with E-state index < -0.39 is 0 Å². The van der Waals surface area contributed by atoms with Gasteiger partial charge in [0, 0.05) is 6.42 Å². The lowest BCUT2D eigenvalue weighted by Gasteiger charge is -2.17.